The molecule has 0 aliphatic rings. The van der Waals surface area contributed by atoms with Crippen LogP contribution in [0.4, 0.5) is 11.9 Å². The molecule has 16 heavy (non-hydrogen) atoms. The predicted octanol–water partition coefficient (Wildman–Crippen LogP) is 0.0353. The summed E-state index contributed by atoms with van der Waals surface area (Å²) < 4.78 is 4.88. The Labute approximate surface area is 94.1 Å². The van der Waals surface area contributed by atoms with E-state index in [4.69, 9.17) is 15.6 Å². The molecule has 1 rings (SSSR count). The number of nitrogen functional groups attached to an aromatic ring is 1. The molecule has 7 heteroatoms. The Morgan fingerprint density at radius 1 is 1.44 bits per heavy atom. The molecule has 1 aromatic rings. The van der Waals surface area contributed by atoms with Crippen molar-refractivity contribution in [2.45, 2.75) is 25.8 Å². The second-order valence-corrected chi connectivity index (χ2v) is 3.42. The van der Waals surface area contributed by atoms with Gasteiger partial charge < -0.3 is 20.9 Å². The molecule has 0 aliphatic heterocycles. The van der Waals surface area contributed by atoms with Gasteiger partial charge in [-0.15, -0.1) is 0 Å². The third kappa shape index (κ3) is 3.85. The number of nitrogens with zero attached hydrogens (tertiary/aromatic N) is 3. The maximum atomic E-state index is 8.70. The standard InChI is InChI=1S/C9H17N5O2/c1-6(4-3-5-15)11-8-12-7(10)13-9(14-8)16-2/h6,15H,3-5H2,1-2H3,(H3,10,11,12,13,14). The average molecular weight is 227 g/mol. The summed E-state index contributed by atoms with van der Waals surface area (Å²) in [6.45, 7) is 2.15. The van der Waals surface area contributed by atoms with Crippen molar-refractivity contribution in [2.24, 2.45) is 0 Å². The van der Waals surface area contributed by atoms with Crippen LogP contribution in [0.25, 0.3) is 0 Å². The van der Waals surface area contributed by atoms with E-state index >= 15 is 0 Å². The van der Waals surface area contributed by atoms with Gasteiger partial charge in [0.1, 0.15) is 0 Å². The van der Waals surface area contributed by atoms with E-state index in [9.17, 15) is 0 Å². The number of methoxy groups -OCH3 is 1. The molecule has 1 aromatic heterocycles. The average Bonchev–Trinajstić information content (AvgIpc) is 2.25. The number of nitrogens with two attached hydrogens (primary N) is 1. The second kappa shape index (κ2) is 6.06. The molecule has 0 radical (unpaired) electrons. The van der Waals surface area contributed by atoms with Gasteiger partial charge in [0, 0.05) is 12.6 Å². The van der Waals surface area contributed by atoms with E-state index in [2.05, 4.69) is 20.3 Å². The summed E-state index contributed by atoms with van der Waals surface area (Å²) in [6, 6.07) is 0.336. The van der Waals surface area contributed by atoms with Gasteiger partial charge in [-0.25, -0.2) is 0 Å². The van der Waals surface area contributed by atoms with Crippen molar-refractivity contribution >= 4 is 11.9 Å². The van der Waals surface area contributed by atoms with E-state index in [1.807, 2.05) is 6.92 Å². The highest BCUT2D eigenvalue weighted by molar-refractivity contribution is 5.33. The van der Waals surface area contributed by atoms with Crippen LogP contribution in [0.1, 0.15) is 19.8 Å². The molecule has 7 nitrogen and oxygen atoms in total. The lowest BCUT2D eigenvalue weighted by molar-refractivity contribution is 0.282. The highest BCUT2D eigenvalue weighted by Gasteiger charge is 2.07. The predicted molar refractivity (Wildman–Crippen MR) is 60.2 cm³/mol. The van der Waals surface area contributed by atoms with E-state index in [0.717, 1.165) is 12.8 Å². The smallest absolute Gasteiger partial charge is 0.322 e. The van der Waals surface area contributed by atoms with Crippen LogP contribution in [0, 0.1) is 0 Å². The minimum atomic E-state index is 0.115. The second-order valence-electron chi connectivity index (χ2n) is 3.42. The summed E-state index contributed by atoms with van der Waals surface area (Å²) in [4.78, 5) is 11.7. The number of aromatic nitrogens is 3. The van der Waals surface area contributed by atoms with Crippen molar-refractivity contribution in [1.29, 1.82) is 0 Å². The van der Waals surface area contributed by atoms with Gasteiger partial charge in [0.15, 0.2) is 0 Å². The number of rotatable bonds is 6. The fraction of sp³-hybridized carbons (Fsp3) is 0.667. The lowest BCUT2D eigenvalue weighted by atomic mass is 10.2. The molecule has 90 valence electrons. The molecule has 0 aliphatic carbocycles. The van der Waals surface area contributed by atoms with E-state index in [0.29, 0.717) is 5.95 Å². The van der Waals surface area contributed by atoms with Crippen LogP contribution in [0.5, 0.6) is 6.01 Å². The fourth-order valence-corrected chi connectivity index (χ4v) is 1.22. The molecule has 1 heterocycles. The molecular formula is C9H17N5O2. The summed E-state index contributed by atoms with van der Waals surface area (Å²) in [6.07, 6.45) is 1.55. The zero-order chi connectivity index (χ0) is 12.0. The van der Waals surface area contributed by atoms with Crippen LogP contribution in [0.2, 0.25) is 0 Å². The summed E-state index contributed by atoms with van der Waals surface area (Å²) in [5, 5.41) is 11.8. The normalized spacial score (nSPS) is 12.2. The monoisotopic (exact) mass is 227 g/mol. The third-order valence-electron chi connectivity index (χ3n) is 1.99. The molecule has 1 atom stereocenters. The summed E-state index contributed by atoms with van der Waals surface area (Å²) in [5.41, 5.74) is 5.49. The highest BCUT2D eigenvalue weighted by Crippen LogP contribution is 2.10. The Morgan fingerprint density at radius 3 is 2.81 bits per heavy atom. The van der Waals surface area contributed by atoms with Gasteiger partial charge >= 0.3 is 6.01 Å². The first-order valence-corrected chi connectivity index (χ1v) is 5.08. The number of nitrogens with one attached hydrogen (secondary N) is 1. The Hall–Kier alpha value is -1.63. The molecule has 4 N–H and O–H groups in total. The van der Waals surface area contributed by atoms with Crippen molar-refractivity contribution in [3.8, 4) is 6.01 Å². The zero-order valence-corrected chi connectivity index (χ0v) is 9.47. The SMILES string of the molecule is COc1nc(N)nc(NC(C)CCCO)n1. The molecule has 1 unspecified atom stereocenters. The molecule has 0 spiro atoms. The molecule has 0 amide bonds. The van der Waals surface area contributed by atoms with Gasteiger partial charge in [-0.3, -0.25) is 0 Å². The number of ether oxygens (including phenoxy) is 1. The quantitative estimate of drug-likeness (QED) is 0.629. The molecule has 0 saturated heterocycles. The molecular weight excluding hydrogens is 210 g/mol. The summed E-state index contributed by atoms with van der Waals surface area (Å²) in [7, 11) is 1.47. The lowest BCUT2D eigenvalue weighted by Gasteiger charge is -2.13. The topological polar surface area (TPSA) is 106 Å². The number of hydrogen-bond donors (Lipinski definition) is 3. The van der Waals surface area contributed by atoms with Crippen LogP contribution < -0.4 is 15.8 Å². The van der Waals surface area contributed by atoms with Crippen LogP contribution in [0.3, 0.4) is 0 Å². The number of aliphatic hydroxyl groups excluding tert-OH is 1. The first-order valence-electron chi connectivity index (χ1n) is 5.08. The minimum absolute atomic E-state index is 0.115. The van der Waals surface area contributed by atoms with Crippen LogP contribution in [-0.4, -0.2) is 39.8 Å². The number of anilines is 2. The van der Waals surface area contributed by atoms with Crippen molar-refractivity contribution < 1.29 is 9.84 Å². The summed E-state index contributed by atoms with van der Waals surface area (Å²) in [5.74, 6) is 0.499. The lowest BCUT2D eigenvalue weighted by Crippen LogP contribution is -2.18. The molecule has 0 aromatic carbocycles. The number of hydrogen-bond acceptors (Lipinski definition) is 7. The van der Waals surface area contributed by atoms with Crippen molar-refractivity contribution in [2.75, 3.05) is 24.8 Å². The third-order valence-corrected chi connectivity index (χ3v) is 1.99. The Balaban J connectivity index is 2.61. The Bertz CT molecular complexity index is 334. The Kier molecular flexibility index (Phi) is 4.71. The highest BCUT2D eigenvalue weighted by atomic mass is 16.5. The van der Waals surface area contributed by atoms with Gasteiger partial charge in [0.2, 0.25) is 11.9 Å². The Morgan fingerprint density at radius 2 is 2.19 bits per heavy atom. The first-order chi connectivity index (χ1) is 7.65. The maximum Gasteiger partial charge on any atom is 0.322 e. The van der Waals surface area contributed by atoms with Gasteiger partial charge in [-0.2, -0.15) is 15.0 Å². The van der Waals surface area contributed by atoms with Crippen LogP contribution >= 0.6 is 0 Å². The van der Waals surface area contributed by atoms with Gasteiger partial charge in [-0.05, 0) is 19.8 Å². The zero-order valence-electron chi connectivity index (χ0n) is 9.47. The van der Waals surface area contributed by atoms with Gasteiger partial charge in [-0.1, -0.05) is 0 Å². The van der Waals surface area contributed by atoms with Gasteiger partial charge in [0.05, 0.1) is 7.11 Å². The molecule has 0 fully saturated rings. The van der Waals surface area contributed by atoms with Gasteiger partial charge in [0.25, 0.3) is 0 Å². The van der Waals surface area contributed by atoms with E-state index in [-0.39, 0.29) is 24.6 Å². The molecule has 0 saturated carbocycles. The van der Waals surface area contributed by atoms with Crippen LogP contribution in [0.15, 0.2) is 0 Å². The fourth-order valence-electron chi connectivity index (χ4n) is 1.22. The van der Waals surface area contributed by atoms with E-state index in [1.54, 1.807) is 0 Å². The molecule has 0 bridgehead atoms. The largest absolute Gasteiger partial charge is 0.467 e. The maximum absolute atomic E-state index is 8.70. The van der Waals surface area contributed by atoms with Crippen LogP contribution in [-0.2, 0) is 0 Å². The van der Waals surface area contributed by atoms with Crippen molar-refractivity contribution in [1.82, 2.24) is 15.0 Å². The minimum Gasteiger partial charge on any atom is -0.467 e. The van der Waals surface area contributed by atoms with Crippen molar-refractivity contribution in [3.05, 3.63) is 0 Å². The number of aliphatic hydroxyl groups is 1. The first kappa shape index (κ1) is 12.4. The van der Waals surface area contributed by atoms with Crippen molar-refractivity contribution in [3.63, 3.8) is 0 Å². The summed E-state index contributed by atoms with van der Waals surface area (Å²) >= 11 is 0. The van der Waals surface area contributed by atoms with E-state index < -0.39 is 0 Å². The van der Waals surface area contributed by atoms with E-state index in [1.165, 1.54) is 7.11 Å².